The largest absolute Gasteiger partial charge is 0.496 e. The number of carbonyl (C=O) groups excluding carboxylic acids is 1. The molecule has 2 aromatic carbocycles. The number of para-hydroxylation sites is 1. The molecule has 0 atom stereocenters. The Morgan fingerprint density at radius 2 is 1.77 bits per heavy atom. The van der Waals surface area contributed by atoms with Crippen molar-refractivity contribution in [2.75, 3.05) is 26.0 Å². The Hall–Kier alpha value is -2.45. The minimum Gasteiger partial charge on any atom is -0.496 e. The highest BCUT2D eigenvalue weighted by atomic mass is 32.2. The summed E-state index contributed by atoms with van der Waals surface area (Å²) in [7, 11) is -1.96. The molecule has 140 valence electrons. The number of halogens is 1. The van der Waals surface area contributed by atoms with Crippen LogP contribution in [0.5, 0.6) is 5.75 Å². The number of methoxy groups -OCH3 is 1. The van der Waals surface area contributed by atoms with E-state index < -0.39 is 21.7 Å². The molecule has 0 unspecified atom stereocenters. The van der Waals surface area contributed by atoms with Crippen LogP contribution in [0, 0.1) is 5.82 Å². The first-order valence-corrected chi connectivity index (χ1v) is 9.69. The smallest absolute Gasteiger partial charge is 0.251 e. The minimum atomic E-state index is -3.52. The summed E-state index contributed by atoms with van der Waals surface area (Å²) in [5, 5.41) is 2.50. The standard InChI is InChI=1S/C18H21FN2O4S/c1-25-17-5-3-2-4-14(17)10-11-21-26(23,24)13-12-20-18(22)15-6-8-16(19)9-7-15/h2-9,21H,10-13H2,1H3,(H,20,22). The Labute approximate surface area is 152 Å². The van der Waals surface area contributed by atoms with Gasteiger partial charge in [-0.25, -0.2) is 17.5 Å². The summed E-state index contributed by atoms with van der Waals surface area (Å²) < 4.78 is 44.5. The average Bonchev–Trinajstić information content (AvgIpc) is 2.62. The third-order valence-electron chi connectivity index (χ3n) is 3.67. The number of hydrogen-bond donors (Lipinski definition) is 2. The lowest BCUT2D eigenvalue weighted by atomic mass is 10.1. The first-order chi connectivity index (χ1) is 12.4. The summed E-state index contributed by atoms with van der Waals surface area (Å²) in [6.45, 7) is 0.189. The van der Waals surface area contributed by atoms with Crippen LogP contribution in [0.4, 0.5) is 4.39 Å². The lowest BCUT2D eigenvalue weighted by molar-refractivity contribution is 0.0956. The van der Waals surface area contributed by atoms with Crippen molar-refractivity contribution in [1.29, 1.82) is 0 Å². The van der Waals surface area contributed by atoms with Gasteiger partial charge in [0.15, 0.2) is 0 Å². The van der Waals surface area contributed by atoms with E-state index in [4.69, 9.17) is 4.74 Å². The number of hydrogen-bond acceptors (Lipinski definition) is 4. The molecule has 2 N–H and O–H groups in total. The van der Waals surface area contributed by atoms with E-state index in [2.05, 4.69) is 10.0 Å². The summed E-state index contributed by atoms with van der Waals surface area (Å²) in [4.78, 5) is 11.8. The first-order valence-electron chi connectivity index (χ1n) is 8.04. The van der Waals surface area contributed by atoms with Crippen molar-refractivity contribution in [2.45, 2.75) is 6.42 Å². The van der Waals surface area contributed by atoms with E-state index in [0.717, 1.165) is 5.56 Å². The molecule has 0 aliphatic carbocycles. The number of nitrogens with one attached hydrogen (secondary N) is 2. The topological polar surface area (TPSA) is 84.5 Å². The van der Waals surface area contributed by atoms with E-state index in [-0.39, 0.29) is 24.4 Å². The van der Waals surface area contributed by atoms with Crippen LogP contribution in [0.15, 0.2) is 48.5 Å². The molecular weight excluding hydrogens is 359 g/mol. The molecule has 26 heavy (non-hydrogen) atoms. The van der Waals surface area contributed by atoms with Gasteiger partial charge < -0.3 is 10.1 Å². The zero-order valence-electron chi connectivity index (χ0n) is 14.4. The number of amides is 1. The van der Waals surface area contributed by atoms with Crippen LogP contribution in [0.25, 0.3) is 0 Å². The Kier molecular flexibility index (Phi) is 7.11. The fraction of sp³-hybridized carbons (Fsp3) is 0.278. The fourth-order valence-electron chi connectivity index (χ4n) is 2.33. The second kappa shape index (κ2) is 9.30. The Bertz CT molecular complexity index is 839. The van der Waals surface area contributed by atoms with Crippen molar-refractivity contribution >= 4 is 15.9 Å². The second-order valence-corrected chi connectivity index (χ2v) is 7.46. The van der Waals surface area contributed by atoms with Crippen molar-refractivity contribution in [2.24, 2.45) is 0 Å². The summed E-state index contributed by atoms with van der Waals surface area (Å²) in [6, 6.07) is 12.4. The van der Waals surface area contributed by atoms with E-state index in [1.165, 1.54) is 24.3 Å². The number of ether oxygens (including phenoxy) is 1. The summed E-state index contributed by atoms with van der Waals surface area (Å²) in [5.74, 6) is -0.429. The number of sulfonamides is 1. The quantitative estimate of drug-likeness (QED) is 0.694. The molecule has 0 spiro atoms. The third kappa shape index (κ3) is 6.12. The molecule has 2 rings (SSSR count). The van der Waals surface area contributed by atoms with Crippen LogP contribution in [-0.4, -0.2) is 40.3 Å². The van der Waals surface area contributed by atoms with Gasteiger partial charge in [0.1, 0.15) is 11.6 Å². The summed E-state index contributed by atoms with van der Waals surface area (Å²) >= 11 is 0. The highest BCUT2D eigenvalue weighted by Gasteiger charge is 2.12. The van der Waals surface area contributed by atoms with Gasteiger partial charge in [-0.3, -0.25) is 4.79 Å². The van der Waals surface area contributed by atoms with Gasteiger partial charge in [0.25, 0.3) is 5.91 Å². The highest BCUT2D eigenvalue weighted by Crippen LogP contribution is 2.17. The van der Waals surface area contributed by atoms with Crippen molar-refractivity contribution in [3.63, 3.8) is 0 Å². The van der Waals surface area contributed by atoms with Crippen LogP contribution in [0.3, 0.4) is 0 Å². The van der Waals surface area contributed by atoms with E-state index >= 15 is 0 Å². The number of rotatable bonds is 9. The van der Waals surface area contributed by atoms with Gasteiger partial charge in [-0.15, -0.1) is 0 Å². The van der Waals surface area contributed by atoms with E-state index in [0.29, 0.717) is 12.2 Å². The van der Waals surface area contributed by atoms with Crippen LogP contribution in [0.1, 0.15) is 15.9 Å². The maximum atomic E-state index is 12.8. The predicted molar refractivity (Wildman–Crippen MR) is 97.2 cm³/mol. The normalized spacial score (nSPS) is 11.2. The molecule has 0 aliphatic heterocycles. The van der Waals surface area contributed by atoms with Crippen molar-refractivity contribution < 1.29 is 22.3 Å². The van der Waals surface area contributed by atoms with Gasteiger partial charge in [0.2, 0.25) is 10.0 Å². The van der Waals surface area contributed by atoms with E-state index in [1.807, 2.05) is 24.3 Å². The molecule has 0 saturated carbocycles. The van der Waals surface area contributed by atoms with E-state index in [1.54, 1.807) is 7.11 Å². The third-order valence-corrected chi connectivity index (χ3v) is 5.06. The van der Waals surface area contributed by atoms with Crippen molar-refractivity contribution in [1.82, 2.24) is 10.0 Å². The van der Waals surface area contributed by atoms with Gasteiger partial charge in [-0.2, -0.15) is 0 Å². The van der Waals surface area contributed by atoms with Crippen molar-refractivity contribution in [3.8, 4) is 5.75 Å². The molecule has 0 radical (unpaired) electrons. The van der Waals surface area contributed by atoms with Crippen LogP contribution >= 0.6 is 0 Å². The second-order valence-electron chi connectivity index (χ2n) is 5.54. The molecule has 6 nitrogen and oxygen atoms in total. The minimum absolute atomic E-state index is 0.0415. The molecule has 0 bridgehead atoms. The van der Waals surface area contributed by atoms with Crippen molar-refractivity contribution in [3.05, 3.63) is 65.5 Å². The van der Waals surface area contributed by atoms with Crippen LogP contribution < -0.4 is 14.8 Å². The maximum absolute atomic E-state index is 12.8. The molecular formula is C18H21FN2O4S. The van der Waals surface area contributed by atoms with Gasteiger partial charge in [-0.1, -0.05) is 18.2 Å². The van der Waals surface area contributed by atoms with Crippen LogP contribution in [0.2, 0.25) is 0 Å². The highest BCUT2D eigenvalue weighted by molar-refractivity contribution is 7.89. The Morgan fingerprint density at radius 3 is 2.46 bits per heavy atom. The molecule has 8 heteroatoms. The number of benzene rings is 2. The predicted octanol–water partition coefficient (Wildman–Crippen LogP) is 1.73. The summed E-state index contributed by atoms with van der Waals surface area (Å²) in [5.41, 5.74) is 1.18. The fourth-order valence-corrected chi connectivity index (χ4v) is 3.25. The van der Waals surface area contributed by atoms with Gasteiger partial charge in [0.05, 0.1) is 12.9 Å². The van der Waals surface area contributed by atoms with E-state index in [9.17, 15) is 17.6 Å². The maximum Gasteiger partial charge on any atom is 0.251 e. The molecule has 0 fully saturated rings. The Morgan fingerprint density at radius 1 is 1.08 bits per heavy atom. The SMILES string of the molecule is COc1ccccc1CCNS(=O)(=O)CCNC(=O)c1ccc(F)cc1. The lowest BCUT2D eigenvalue weighted by Gasteiger charge is -2.10. The zero-order valence-corrected chi connectivity index (χ0v) is 15.2. The molecule has 0 aliphatic rings. The average molecular weight is 380 g/mol. The number of carbonyl (C=O) groups is 1. The molecule has 0 aromatic heterocycles. The van der Waals surface area contributed by atoms with Gasteiger partial charge in [-0.05, 0) is 42.3 Å². The zero-order chi connectivity index (χ0) is 19.0. The molecule has 2 aromatic rings. The van der Waals surface area contributed by atoms with Gasteiger partial charge >= 0.3 is 0 Å². The first kappa shape index (κ1) is 19.9. The van der Waals surface area contributed by atoms with Gasteiger partial charge in [0, 0.05) is 18.7 Å². The molecule has 1 amide bonds. The molecule has 0 saturated heterocycles. The molecule has 0 heterocycles. The monoisotopic (exact) mass is 380 g/mol. The Balaban J connectivity index is 1.76. The summed E-state index contributed by atoms with van der Waals surface area (Å²) in [6.07, 6.45) is 0.491. The lowest BCUT2D eigenvalue weighted by Crippen LogP contribution is -2.35. The van der Waals surface area contributed by atoms with Crippen LogP contribution in [-0.2, 0) is 16.4 Å².